The number of hydrogen-bond donors (Lipinski definition) is 1. The Balaban J connectivity index is 1.43. The number of ether oxygens (including phenoxy) is 1. The number of aromatic amines is 1. The third-order valence-electron chi connectivity index (χ3n) is 6.59. The highest BCUT2D eigenvalue weighted by atomic mass is 32.2. The van der Waals surface area contributed by atoms with E-state index in [2.05, 4.69) is 15.2 Å². The molecule has 0 atom stereocenters. The summed E-state index contributed by atoms with van der Waals surface area (Å²) in [6.45, 7) is 4.42. The van der Waals surface area contributed by atoms with E-state index in [1.54, 1.807) is 11.8 Å². The minimum absolute atomic E-state index is 0.0961. The molecule has 1 aliphatic rings. The van der Waals surface area contributed by atoms with Crippen molar-refractivity contribution >= 4 is 15.7 Å². The molecule has 5 rings (SSSR count). The standard InChI is InChI=1S/C28H27FN4O4S/c1-4-22-23(10-12-25(26(22)29)38(3,35)36)28(34)33-13-14-37-24-11-9-20(15-21(24)16-33)18-5-7-19(8-6-18)27-30-17(2)31-32-27/h5-12,15H,4,13-14,16H2,1-3H3,(H,30,31,32). The number of aryl methyl sites for hydroxylation is 1. The number of nitrogens with one attached hydrogen (secondary N) is 1. The van der Waals surface area contributed by atoms with Gasteiger partial charge >= 0.3 is 0 Å². The molecule has 0 fully saturated rings. The number of amides is 1. The Morgan fingerprint density at radius 2 is 1.79 bits per heavy atom. The van der Waals surface area contributed by atoms with Gasteiger partial charge in [0.25, 0.3) is 5.91 Å². The summed E-state index contributed by atoms with van der Waals surface area (Å²) < 4.78 is 44.9. The van der Waals surface area contributed by atoms with Crippen molar-refractivity contribution in [2.24, 2.45) is 0 Å². The van der Waals surface area contributed by atoms with Crippen molar-refractivity contribution in [3.63, 3.8) is 0 Å². The fourth-order valence-corrected chi connectivity index (χ4v) is 5.40. The van der Waals surface area contributed by atoms with E-state index in [0.717, 1.165) is 34.3 Å². The monoisotopic (exact) mass is 534 g/mol. The molecule has 1 amide bonds. The molecule has 0 unspecified atom stereocenters. The van der Waals surface area contributed by atoms with Gasteiger partial charge in [-0.25, -0.2) is 17.8 Å². The second kappa shape index (κ2) is 10.0. The maximum absolute atomic E-state index is 15.1. The number of carbonyl (C=O) groups excluding carboxylic acids is 1. The molecule has 1 aliphatic heterocycles. The van der Waals surface area contributed by atoms with Crippen molar-refractivity contribution in [3.05, 3.63) is 82.9 Å². The van der Waals surface area contributed by atoms with E-state index in [9.17, 15) is 13.2 Å². The molecule has 3 aromatic carbocycles. The van der Waals surface area contributed by atoms with Crippen LogP contribution in [0.15, 0.2) is 59.5 Å². The summed E-state index contributed by atoms with van der Waals surface area (Å²) in [5, 5.41) is 7.04. The van der Waals surface area contributed by atoms with Crippen LogP contribution in [0.25, 0.3) is 22.5 Å². The van der Waals surface area contributed by atoms with Crippen molar-refractivity contribution < 1.29 is 22.3 Å². The Labute approximate surface area is 220 Å². The molecule has 8 nitrogen and oxygen atoms in total. The summed E-state index contributed by atoms with van der Waals surface area (Å²) in [7, 11) is -3.76. The predicted molar refractivity (Wildman–Crippen MR) is 141 cm³/mol. The third-order valence-corrected chi connectivity index (χ3v) is 7.71. The van der Waals surface area contributed by atoms with E-state index in [4.69, 9.17) is 4.74 Å². The highest BCUT2D eigenvalue weighted by molar-refractivity contribution is 7.90. The number of benzene rings is 3. The maximum atomic E-state index is 15.1. The average molecular weight is 535 g/mol. The van der Waals surface area contributed by atoms with Crippen LogP contribution in [-0.4, -0.2) is 53.8 Å². The molecular weight excluding hydrogens is 507 g/mol. The number of halogens is 1. The Kier molecular flexibility index (Phi) is 6.75. The van der Waals surface area contributed by atoms with E-state index >= 15 is 4.39 Å². The van der Waals surface area contributed by atoms with Gasteiger partial charge in [-0.05, 0) is 48.7 Å². The Morgan fingerprint density at radius 3 is 2.45 bits per heavy atom. The van der Waals surface area contributed by atoms with Gasteiger partial charge in [0.15, 0.2) is 15.7 Å². The molecule has 38 heavy (non-hydrogen) atoms. The second-order valence-corrected chi connectivity index (χ2v) is 11.2. The molecule has 0 bridgehead atoms. The quantitative estimate of drug-likeness (QED) is 0.402. The number of fused-ring (bicyclic) bond motifs is 1. The zero-order chi connectivity index (χ0) is 27.0. The number of nitrogens with zero attached hydrogens (tertiary/aromatic N) is 3. The van der Waals surface area contributed by atoms with Crippen LogP contribution in [0.3, 0.4) is 0 Å². The number of sulfone groups is 1. The lowest BCUT2D eigenvalue weighted by atomic mass is 10.00. The van der Waals surface area contributed by atoms with Crippen LogP contribution in [0.2, 0.25) is 0 Å². The number of carbonyl (C=O) groups is 1. The van der Waals surface area contributed by atoms with Crippen LogP contribution in [0, 0.1) is 12.7 Å². The van der Waals surface area contributed by atoms with E-state index in [1.807, 2.05) is 49.4 Å². The van der Waals surface area contributed by atoms with Crippen LogP contribution < -0.4 is 4.74 Å². The predicted octanol–water partition coefficient (Wildman–Crippen LogP) is 4.59. The Bertz CT molecular complexity index is 1630. The van der Waals surface area contributed by atoms with Gasteiger partial charge in [-0.1, -0.05) is 37.3 Å². The zero-order valence-electron chi connectivity index (χ0n) is 21.3. The lowest BCUT2D eigenvalue weighted by Gasteiger charge is -2.22. The normalized spacial score (nSPS) is 13.5. The SMILES string of the molecule is CCc1c(C(=O)N2CCOc3ccc(-c4ccc(-c5n[nH]c(C)n5)cc4)cc3C2)ccc(S(C)(=O)=O)c1F. The zero-order valence-corrected chi connectivity index (χ0v) is 22.1. The van der Waals surface area contributed by atoms with E-state index in [0.29, 0.717) is 18.1 Å². The first-order chi connectivity index (χ1) is 18.2. The summed E-state index contributed by atoms with van der Waals surface area (Å²) in [6, 6.07) is 16.3. The molecule has 4 aromatic rings. The molecule has 0 spiro atoms. The summed E-state index contributed by atoms with van der Waals surface area (Å²) in [5.41, 5.74) is 3.92. The summed E-state index contributed by atoms with van der Waals surface area (Å²) in [4.78, 5) is 19.1. The van der Waals surface area contributed by atoms with Crippen molar-refractivity contribution in [2.45, 2.75) is 31.7 Å². The van der Waals surface area contributed by atoms with Crippen molar-refractivity contribution in [1.29, 1.82) is 0 Å². The van der Waals surface area contributed by atoms with E-state index in [1.165, 1.54) is 12.1 Å². The number of rotatable bonds is 5. The second-order valence-electron chi connectivity index (χ2n) is 9.25. The van der Waals surface area contributed by atoms with Gasteiger partial charge < -0.3 is 9.64 Å². The summed E-state index contributed by atoms with van der Waals surface area (Å²) >= 11 is 0. The largest absolute Gasteiger partial charge is 0.491 e. The molecule has 10 heteroatoms. The van der Waals surface area contributed by atoms with Crippen molar-refractivity contribution in [2.75, 3.05) is 19.4 Å². The van der Waals surface area contributed by atoms with Gasteiger partial charge in [-0.3, -0.25) is 9.89 Å². The van der Waals surface area contributed by atoms with Crippen molar-refractivity contribution in [1.82, 2.24) is 20.1 Å². The Morgan fingerprint density at radius 1 is 1.08 bits per heavy atom. The molecule has 2 heterocycles. The fraction of sp³-hybridized carbons (Fsp3) is 0.250. The molecular formula is C28H27FN4O4S. The molecule has 1 N–H and O–H groups in total. The summed E-state index contributed by atoms with van der Waals surface area (Å²) in [5.74, 6) is 0.832. The topological polar surface area (TPSA) is 105 Å². The number of hydrogen-bond acceptors (Lipinski definition) is 6. The van der Waals surface area contributed by atoms with Gasteiger partial charge in [0.05, 0.1) is 6.54 Å². The minimum Gasteiger partial charge on any atom is -0.491 e. The van der Waals surface area contributed by atoms with Crippen LogP contribution in [0.5, 0.6) is 5.75 Å². The van der Waals surface area contributed by atoms with Gasteiger partial charge in [0.2, 0.25) is 0 Å². The average Bonchev–Trinajstić information content (AvgIpc) is 3.21. The lowest BCUT2D eigenvalue weighted by molar-refractivity contribution is 0.0731. The first-order valence-corrected chi connectivity index (χ1v) is 14.1. The Hall–Kier alpha value is -4.05. The maximum Gasteiger partial charge on any atom is 0.254 e. The van der Waals surface area contributed by atoms with Gasteiger partial charge in [0.1, 0.15) is 28.9 Å². The molecule has 0 saturated carbocycles. The molecule has 0 saturated heterocycles. The van der Waals surface area contributed by atoms with Gasteiger partial charge in [0, 0.05) is 35.1 Å². The molecule has 1 aromatic heterocycles. The molecule has 0 radical (unpaired) electrons. The number of aromatic nitrogens is 3. The van der Waals surface area contributed by atoms with Crippen LogP contribution in [-0.2, 0) is 22.8 Å². The minimum atomic E-state index is -3.76. The van der Waals surface area contributed by atoms with Crippen LogP contribution >= 0.6 is 0 Å². The molecule has 0 aliphatic carbocycles. The lowest BCUT2D eigenvalue weighted by Crippen LogP contribution is -2.33. The first-order valence-electron chi connectivity index (χ1n) is 12.2. The van der Waals surface area contributed by atoms with Crippen molar-refractivity contribution in [3.8, 4) is 28.3 Å². The smallest absolute Gasteiger partial charge is 0.254 e. The highest BCUT2D eigenvalue weighted by Gasteiger charge is 2.27. The highest BCUT2D eigenvalue weighted by Crippen LogP contribution is 2.31. The van der Waals surface area contributed by atoms with Crippen LogP contribution in [0.1, 0.15) is 34.2 Å². The fourth-order valence-electron chi connectivity index (χ4n) is 4.63. The van der Waals surface area contributed by atoms with Crippen LogP contribution in [0.4, 0.5) is 4.39 Å². The number of H-pyrrole nitrogens is 1. The van der Waals surface area contributed by atoms with E-state index < -0.39 is 20.5 Å². The first kappa shape index (κ1) is 25.6. The van der Waals surface area contributed by atoms with Gasteiger partial charge in [-0.2, -0.15) is 5.10 Å². The van der Waals surface area contributed by atoms with Gasteiger partial charge in [-0.15, -0.1) is 0 Å². The molecule has 196 valence electrons. The summed E-state index contributed by atoms with van der Waals surface area (Å²) in [6.07, 6.45) is 1.14. The third kappa shape index (κ3) is 4.91. The van der Waals surface area contributed by atoms with E-state index in [-0.39, 0.29) is 36.6 Å².